The molecule has 1 amide bonds. The van der Waals surface area contributed by atoms with E-state index in [-0.39, 0.29) is 17.8 Å². The number of hydrogen-bond acceptors (Lipinski definition) is 4. The summed E-state index contributed by atoms with van der Waals surface area (Å²) in [6, 6.07) is 8.54. The Morgan fingerprint density at radius 1 is 1.16 bits per heavy atom. The summed E-state index contributed by atoms with van der Waals surface area (Å²) in [4.78, 5) is 20.7. The average molecular weight is 342 g/mol. The van der Waals surface area contributed by atoms with Crippen LogP contribution in [0, 0.1) is 5.82 Å². The third-order valence-electron chi connectivity index (χ3n) is 4.46. The van der Waals surface area contributed by atoms with Crippen molar-refractivity contribution in [2.45, 2.75) is 44.6 Å². The summed E-state index contributed by atoms with van der Waals surface area (Å²) < 4.78 is 13.6. The number of benzene rings is 1. The van der Waals surface area contributed by atoms with Crippen molar-refractivity contribution >= 4 is 11.9 Å². The second kappa shape index (κ2) is 8.55. The fourth-order valence-electron chi connectivity index (χ4n) is 3.09. The molecule has 2 aromatic rings. The maximum atomic E-state index is 13.6. The molecule has 1 aliphatic carbocycles. The molecule has 0 spiro atoms. The zero-order chi connectivity index (χ0) is 17.5. The Balaban J connectivity index is 1.53. The number of carbonyl (C=O) groups excluding carboxylic acids is 1. The van der Waals surface area contributed by atoms with Gasteiger partial charge in [0.25, 0.3) is 5.91 Å². The molecule has 1 aromatic heterocycles. The molecule has 6 heteroatoms. The van der Waals surface area contributed by atoms with Gasteiger partial charge in [-0.05, 0) is 37.0 Å². The molecule has 5 nitrogen and oxygen atoms in total. The molecule has 0 saturated heterocycles. The van der Waals surface area contributed by atoms with Crippen LogP contribution in [0.5, 0.6) is 0 Å². The SMILES string of the molecule is O=C(NC1CCCCC1)c1ccnc(NCCc2ccccc2F)n1. The minimum absolute atomic E-state index is 0.161. The van der Waals surface area contributed by atoms with Crippen LogP contribution in [0.1, 0.15) is 48.2 Å². The first-order chi connectivity index (χ1) is 12.2. The summed E-state index contributed by atoms with van der Waals surface area (Å²) in [6.07, 6.45) is 7.73. The topological polar surface area (TPSA) is 66.9 Å². The smallest absolute Gasteiger partial charge is 0.270 e. The Hall–Kier alpha value is -2.50. The van der Waals surface area contributed by atoms with Gasteiger partial charge in [0.1, 0.15) is 11.5 Å². The average Bonchev–Trinajstić information content (AvgIpc) is 2.64. The highest BCUT2D eigenvalue weighted by molar-refractivity contribution is 5.92. The molecule has 0 atom stereocenters. The number of halogens is 1. The second-order valence-corrected chi connectivity index (χ2v) is 6.34. The van der Waals surface area contributed by atoms with Crippen molar-refractivity contribution in [2.24, 2.45) is 0 Å². The fraction of sp³-hybridized carbons (Fsp3) is 0.421. The van der Waals surface area contributed by atoms with Crippen LogP contribution in [0.3, 0.4) is 0 Å². The first-order valence-electron chi connectivity index (χ1n) is 8.83. The molecule has 1 heterocycles. The predicted octanol–water partition coefficient (Wildman–Crippen LogP) is 3.33. The normalized spacial score (nSPS) is 14.9. The van der Waals surface area contributed by atoms with Crippen molar-refractivity contribution in [3.63, 3.8) is 0 Å². The Kier molecular flexibility index (Phi) is 5.93. The zero-order valence-electron chi connectivity index (χ0n) is 14.2. The van der Waals surface area contributed by atoms with Gasteiger partial charge in [-0.3, -0.25) is 4.79 Å². The van der Waals surface area contributed by atoms with E-state index in [2.05, 4.69) is 20.6 Å². The van der Waals surface area contributed by atoms with Crippen LogP contribution in [0.4, 0.5) is 10.3 Å². The van der Waals surface area contributed by atoms with Crippen molar-refractivity contribution in [3.05, 3.63) is 53.6 Å². The van der Waals surface area contributed by atoms with E-state index in [1.54, 1.807) is 24.4 Å². The van der Waals surface area contributed by atoms with Gasteiger partial charge in [0, 0.05) is 18.8 Å². The summed E-state index contributed by atoms with van der Waals surface area (Å²) in [5.41, 5.74) is 0.996. The first-order valence-corrected chi connectivity index (χ1v) is 8.83. The molecule has 0 radical (unpaired) electrons. The zero-order valence-corrected chi connectivity index (χ0v) is 14.2. The van der Waals surface area contributed by atoms with Gasteiger partial charge >= 0.3 is 0 Å². The third kappa shape index (κ3) is 4.98. The second-order valence-electron chi connectivity index (χ2n) is 6.34. The van der Waals surface area contributed by atoms with Crippen LogP contribution in [-0.2, 0) is 6.42 Å². The molecular weight excluding hydrogens is 319 g/mol. The highest BCUT2D eigenvalue weighted by Gasteiger charge is 2.17. The van der Waals surface area contributed by atoms with Crippen molar-refractivity contribution in [2.75, 3.05) is 11.9 Å². The van der Waals surface area contributed by atoms with Gasteiger partial charge in [-0.2, -0.15) is 0 Å². The fourth-order valence-corrected chi connectivity index (χ4v) is 3.09. The molecular formula is C19H23FN4O. The van der Waals surface area contributed by atoms with Gasteiger partial charge in [0.2, 0.25) is 5.95 Å². The lowest BCUT2D eigenvalue weighted by atomic mass is 9.95. The number of aromatic nitrogens is 2. The quantitative estimate of drug-likeness (QED) is 0.845. The van der Waals surface area contributed by atoms with Gasteiger partial charge in [0.05, 0.1) is 0 Å². The number of anilines is 1. The van der Waals surface area contributed by atoms with Crippen LogP contribution >= 0.6 is 0 Å². The Bertz CT molecular complexity index is 716. The van der Waals surface area contributed by atoms with Gasteiger partial charge in [-0.15, -0.1) is 0 Å². The molecule has 132 valence electrons. The molecule has 0 aliphatic heterocycles. The van der Waals surface area contributed by atoms with E-state index in [1.165, 1.54) is 12.5 Å². The predicted molar refractivity (Wildman–Crippen MR) is 95.0 cm³/mol. The van der Waals surface area contributed by atoms with E-state index in [0.717, 1.165) is 25.7 Å². The van der Waals surface area contributed by atoms with E-state index in [1.807, 2.05) is 6.07 Å². The van der Waals surface area contributed by atoms with E-state index >= 15 is 0 Å². The maximum absolute atomic E-state index is 13.6. The summed E-state index contributed by atoms with van der Waals surface area (Å²) in [7, 11) is 0. The summed E-state index contributed by atoms with van der Waals surface area (Å²) >= 11 is 0. The highest BCUT2D eigenvalue weighted by atomic mass is 19.1. The molecule has 2 N–H and O–H groups in total. The number of nitrogens with zero attached hydrogens (tertiary/aromatic N) is 2. The molecule has 0 unspecified atom stereocenters. The molecule has 1 aliphatic rings. The van der Waals surface area contributed by atoms with Crippen molar-refractivity contribution in [1.82, 2.24) is 15.3 Å². The lowest BCUT2D eigenvalue weighted by molar-refractivity contribution is 0.0922. The summed E-state index contributed by atoms with van der Waals surface area (Å²) in [5, 5.41) is 6.10. The first kappa shape index (κ1) is 17.3. The van der Waals surface area contributed by atoms with Crippen molar-refractivity contribution < 1.29 is 9.18 Å². The molecule has 1 saturated carbocycles. The minimum atomic E-state index is -0.217. The lowest BCUT2D eigenvalue weighted by Crippen LogP contribution is -2.36. The molecule has 25 heavy (non-hydrogen) atoms. The Morgan fingerprint density at radius 3 is 2.76 bits per heavy atom. The monoisotopic (exact) mass is 342 g/mol. The lowest BCUT2D eigenvalue weighted by Gasteiger charge is -2.22. The number of amides is 1. The van der Waals surface area contributed by atoms with Crippen LogP contribution in [-0.4, -0.2) is 28.5 Å². The van der Waals surface area contributed by atoms with Crippen molar-refractivity contribution in [3.8, 4) is 0 Å². The number of carbonyl (C=O) groups is 1. The van der Waals surface area contributed by atoms with E-state index in [9.17, 15) is 9.18 Å². The minimum Gasteiger partial charge on any atom is -0.354 e. The van der Waals surface area contributed by atoms with Crippen LogP contribution in [0.25, 0.3) is 0 Å². The molecule has 1 aromatic carbocycles. The van der Waals surface area contributed by atoms with Crippen LogP contribution in [0.15, 0.2) is 36.5 Å². The molecule has 0 bridgehead atoms. The number of nitrogens with one attached hydrogen (secondary N) is 2. The van der Waals surface area contributed by atoms with Crippen LogP contribution in [0.2, 0.25) is 0 Å². The highest BCUT2D eigenvalue weighted by Crippen LogP contribution is 2.17. The number of hydrogen-bond donors (Lipinski definition) is 2. The van der Waals surface area contributed by atoms with Crippen molar-refractivity contribution in [1.29, 1.82) is 0 Å². The van der Waals surface area contributed by atoms with Crippen LogP contribution < -0.4 is 10.6 Å². The molecule has 1 fully saturated rings. The Labute approximate surface area is 147 Å². The van der Waals surface area contributed by atoms with Gasteiger partial charge in [0.15, 0.2) is 0 Å². The molecule has 3 rings (SSSR count). The van der Waals surface area contributed by atoms with Gasteiger partial charge < -0.3 is 10.6 Å². The van der Waals surface area contributed by atoms with E-state index in [0.29, 0.717) is 30.2 Å². The van der Waals surface area contributed by atoms with Gasteiger partial charge in [-0.1, -0.05) is 37.5 Å². The summed E-state index contributed by atoms with van der Waals surface area (Å²) in [6.45, 7) is 0.495. The largest absolute Gasteiger partial charge is 0.354 e. The third-order valence-corrected chi connectivity index (χ3v) is 4.46. The van der Waals surface area contributed by atoms with E-state index < -0.39 is 0 Å². The van der Waals surface area contributed by atoms with E-state index in [4.69, 9.17) is 0 Å². The Morgan fingerprint density at radius 2 is 1.96 bits per heavy atom. The number of rotatable bonds is 6. The maximum Gasteiger partial charge on any atom is 0.270 e. The van der Waals surface area contributed by atoms with Gasteiger partial charge in [-0.25, -0.2) is 14.4 Å². The standard InChI is InChI=1S/C19H23FN4O/c20-16-9-5-4-6-14(16)10-12-21-19-22-13-11-17(24-19)18(25)23-15-7-2-1-3-8-15/h4-6,9,11,13,15H,1-3,7-8,10,12H2,(H,23,25)(H,21,22,24). The summed E-state index contributed by atoms with van der Waals surface area (Å²) in [5.74, 6) is 0.00455.